The number of thiol groups is 3. The van der Waals surface area contributed by atoms with Gasteiger partial charge in [-0.05, 0) is 190 Å². The zero-order valence-electron chi connectivity index (χ0n) is 79.4. The van der Waals surface area contributed by atoms with Crippen LogP contribution in [0.3, 0.4) is 0 Å². The average molecular weight is 2260 g/mol. The SMILES string of the molecule is CC(=O)O.CC1(C)OB(c2c(C=O)cccc2SCN2C(=O)c3ccccc3C2=O)OC1(C)C.CC1(C)Oc2c(cccc2C(=O)O)S1.CC1(C)Oc2ccccc2S1.NCSc1cccc2c1B(O)OC2.O=C(O)c1cccc(S)c1O.O=C1c2ccccc2C(=O)N1CBr.O=Cc1cccc(S)c1O.O=Cc1cccc(SCN2C(=O)c3ccccc3C2=O)c1O.OCc1cccc(S)c1O.[BH3-]C1CCCO1.[O]=[Mn]=[O]. The van der Waals surface area contributed by atoms with Crippen molar-refractivity contribution in [3.63, 3.8) is 0 Å². The van der Waals surface area contributed by atoms with Crippen molar-refractivity contribution in [1.29, 1.82) is 0 Å². The van der Waals surface area contributed by atoms with Gasteiger partial charge in [-0.3, -0.25) is 62.6 Å². The molecule has 19 rings (SSSR count). The number of rotatable bonds is 16. The van der Waals surface area contributed by atoms with Crippen LogP contribution in [0.4, 0.5) is 0 Å². The number of para-hydroxylation sites is 6. The van der Waals surface area contributed by atoms with E-state index in [9.17, 15) is 62.9 Å². The molecule has 11 aromatic rings. The molecule has 1 unspecified atom stereocenters. The van der Waals surface area contributed by atoms with Crippen molar-refractivity contribution < 1.29 is 154 Å². The van der Waals surface area contributed by atoms with Crippen LogP contribution >= 0.6 is 113 Å². The van der Waals surface area contributed by atoms with Crippen LogP contribution < -0.4 is 26.1 Å². The first-order valence-corrected chi connectivity index (χ1v) is 51.5. The van der Waals surface area contributed by atoms with Gasteiger partial charge >= 0.3 is 48.7 Å². The monoisotopic (exact) mass is 2260 g/mol. The summed E-state index contributed by atoms with van der Waals surface area (Å²) in [6.45, 7) is 18.3. The first kappa shape index (κ1) is 121. The summed E-state index contributed by atoms with van der Waals surface area (Å²) in [5, 5.41) is 80.3. The number of carbonyl (C=O) groups excluding carboxylic acids is 9. The molecule has 6 amide bonds. The Morgan fingerprint density at radius 1 is 0.503 bits per heavy atom. The summed E-state index contributed by atoms with van der Waals surface area (Å²) < 4.78 is 50.7. The second-order valence-corrected chi connectivity index (χ2v) is 41.0. The van der Waals surface area contributed by atoms with E-state index in [0.717, 1.165) is 73.9 Å². The van der Waals surface area contributed by atoms with Gasteiger partial charge in [-0.2, -0.15) is 0 Å². The van der Waals surface area contributed by atoms with Crippen molar-refractivity contribution in [3.05, 3.63) is 297 Å². The van der Waals surface area contributed by atoms with E-state index >= 15 is 0 Å². The molecule has 147 heavy (non-hydrogen) atoms. The number of nitrogens with zero attached hydrogens (tertiary/aromatic N) is 3. The predicted octanol–water partition coefficient (Wildman–Crippen LogP) is 16.1. The first-order chi connectivity index (χ1) is 69.7. The van der Waals surface area contributed by atoms with Gasteiger partial charge in [0, 0.05) is 65.9 Å². The summed E-state index contributed by atoms with van der Waals surface area (Å²) in [7, 11) is -0.973. The standard InChI is InChI=1S/C22H22BNO5S.C16H11NO4S.C10H10O3S.C9H6BrNO2.C9H10OS.C8H10BNO2S.C7H6O3S.C7H8O2S.C7H6O2S.C4H10BO.C2H4O2.Mn.2O/c1-21(2)22(3,4)29-23(28-21)18-14(12-25)8-7-11-17(18)30-13-24-19(26)15-9-5-6-10-16(15)20(24)27;18-8-10-4-3-7-13(14(10)19)22-9-17-15(20)11-5-1-2-6-12(11)16(17)21;1-10(2)13-8-6(9(11)12)4-3-5-7(8)14-10;10-5-11-8(12)6-3-1-2-4-7(6)9(11)13;1-9(2)10-7-5-3-4-6-8(7)11-9;10-5-13-7-3-1-2-6-4-12-9(11)8(6)7;8-6-4(7(9)10)2-1-3-5(6)11;2*8-4-5-2-1-3-6(10)7(5)9;5-4-2-1-3-6-4;1-2(3)4;;;/h5-12H,13H2,1-4H3;1-8,19H,9H2;3-5H,1-2H3,(H,11,12);1-4H,5H2;3-6H,1-2H3;1-3,11H,4-5,10H2;1-3,8,11H,(H,9,10);1-3,8-10H,4H2;1-4,9-10H;4H,1-3H2,5H3;1H3,(H,3,4);;;/q;;;;;;;;;-1;;;;. The number of carboxylic acids is 3. The van der Waals surface area contributed by atoms with E-state index in [1.165, 1.54) is 93.2 Å². The number of ether oxygens (including phenoxy) is 3. The molecule has 46 heteroatoms. The first-order valence-electron chi connectivity index (χ1n) is 43.5. The predicted molar refractivity (Wildman–Crippen MR) is 570 cm³/mol. The number of halogens is 1. The van der Waals surface area contributed by atoms with Crippen molar-refractivity contribution in [1.82, 2.24) is 14.7 Å². The van der Waals surface area contributed by atoms with Gasteiger partial charge in [0.15, 0.2) is 22.4 Å². The van der Waals surface area contributed by atoms with Crippen molar-refractivity contribution in [2.45, 2.75) is 155 Å². The Morgan fingerprint density at radius 3 is 1.32 bits per heavy atom. The molecule has 33 nitrogen and oxygen atoms in total. The van der Waals surface area contributed by atoms with E-state index < -0.39 is 58.2 Å². The molecule has 0 radical (unpaired) electrons. The zero-order valence-corrected chi connectivity index (χ0v) is 89.0. The van der Waals surface area contributed by atoms with Crippen molar-refractivity contribution in [2.75, 3.05) is 29.7 Å². The van der Waals surface area contributed by atoms with Crippen LogP contribution in [-0.2, 0) is 59.2 Å². The number of hydrogen-bond acceptors (Lipinski definition) is 35. The van der Waals surface area contributed by atoms with Crippen molar-refractivity contribution in [3.8, 4) is 34.5 Å². The van der Waals surface area contributed by atoms with Crippen LogP contribution in [-0.4, -0.2) is 212 Å². The minimum atomic E-state index is -1.44. The van der Waals surface area contributed by atoms with Gasteiger partial charge in [0.2, 0.25) is 0 Å². The Labute approximate surface area is 900 Å². The number of aldehydes is 3. The summed E-state index contributed by atoms with van der Waals surface area (Å²) in [5.41, 5.74) is 11.2. The molecule has 0 aromatic heterocycles. The molecular weight excluding hydrogens is 2160 g/mol. The number of aromatic carboxylic acids is 2. The Hall–Kier alpha value is -11.6. The number of hydrogen-bond donors (Lipinski definition) is 13. The fourth-order valence-corrected chi connectivity index (χ4v) is 19.5. The molecule has 1 atom stereocenters. The fraction of sp³-hybridized carbons (Fsp3) is 0.228. The normalized spacial score (nSPS) is 15.3. The molecule has 0 bridgehead atoms. The molecule has 773 valence electrons. The molecule has 8 aliphatic rings. The van der Waals surface area contributed by atoms with Gasteiger partial charge in [-0.1, -0.05) is 173 Å². The van der Waals surface area contributed by atoms with Gasteiger partial charge in [0.05, 0.1) is 101 Å². The number of aliphatic hydroxyl groups excluding tert-OH is 1. The van der Waals surface area contributed by atoms with Gasteiger partial charge in [-0.15, -0.1) is 61.4 Å². The number of amides is 6. The quantitative estimate of drug-likeness (QED) is 0.00624. The Kier molecular flexibility index (Phi) is 46.5. The summed E-state index contributed by atoms with van der Waals surface area (Å²) in [5.74, 6) is -2.90. The molecule has 0 spiro atoms. The van der Waals surface area contributed by atoms with E-state index in [1.807, 2.05) is 90.1 Å². The van der Waals surface area contributed by atoms with E-state index in [0.29, 0.717) is 103 Å². The minimum absolute atomic E-state index is 0.0548. The molecule has 11 aromatic carbocycles. The Morgan fingerprint density at radius 2 is 0.891 bits per heavy atom. The number of aromatic hydroxyl groups is 4. The van der Waals surface area contributed by atoms with E-state index in [2.05, 4.69) is 73.7 Å². The Balaban J connectivity index is 0.000000203. The van der Waals surface area contributed by atoms with Crippen LogP contribution in [0.15, 0.2) is 264 Å². The second kappa shape index (κ2) is 56.7. The fourth-order valence-electron chi connectivity index (χ4n) is 13.6. The molecule has 0 saturated carbocycles. The van der Waals surface area contributed by atoms with Crippen LogP contribution in [0.25, 0.3) is 0 Å². The van der Waals surface area contributed by atoms with Gasteiger partial charge in [0.25, 0.3) is 41.4 Å². The number of carbonyl (C=O) groups is 12. The number of benzene rings is 11. The third kappa shape index (κ3) is 32.7. The maximum absolute atomic E-state index is 12.6. The van der Waals surface area contributed by atoms with Gasteiger partial charge in [0.1, 0.15) is 51.9 Å². The molecule has 8 heterocycles. The van der Waals surface area contributed by atoms with Crippen molar-refractivity contribution in [2.24, 2.45) is 5.73 Å². The number of aliphatic carboxylic acids is 1. The maximum atomic E-state index is 12.6. The van der Waals surface area contributed by atoms with Gasteiger partial charge in [-0.25, -0.2) is 9.59 Å². The number of nitrogens with two attached hydrogens (primary N) is 1. The third-order valence-electron chi connectivity index (χ3n) is 21.2. The van der Waals surface area contributed by atoms with E-state index in [1.54, 1.807) is 151 Å². The number of carboxylic acid groups (broad SMARTS) is 3. The molecule has 11 N–H and O–H groups in total. The number of aliphatic hydroxyl groups is 1. The van der Waals surface area contributed by atoms with E-state index in [4.69, 9.17) is 82.1 Å². The topological polar surface area (TPSA) is 512 Å². The third-order valence-corrected chi connectivity index (χ3v) is 28.0. The molecule has 2 saturated heterocycles. The number of fused-ring (bicyclic) bond motifs is 6. The molecule has 8 aliphatic heterocycles. The molecule has 0 aliphatic carbocycles. The zero-order chi connectivity index (χ0) is 109. The van der Waals surface area contributed by atoms with E-state index in [-0.39, 0.29) is 119 Å². The number of phenolic OH excluding ortho intramolecular Hbond substituents is 2. The summed E-state index contributed by atoms with van der Waals surface area (Å²) in [6, 6.07) is 64.5. The molecular formula is C101H103B3BrMnN4O29S8-. The number of alkyl halides is 1. The van der Waals surface area contributed by atoms with Crippen LogP contribution in [0.5, 0.6) is 34.5 Å². The summed E-state index contributed by atoms with van der Waals surface area (Å²) in [4.78, 5) is 144. The van der Waals surface area contributed by atoms with Crippen LogP contribution in [0, 0.1) is 0 Å². The summed E-state index contributed by atoms with van der Waals surface area (Å²) >= 11 is 20.6. The average Bonchev–Trinajstić information content (AvgIpc) is 1.60. The Bertz CT molecular complexity index is 6530. The van der Waals surface area contributed by atoms with Gasteiger partial charge < -0.3 is 79.8 Å². The van der Waals surface area contributed by atoms with Crippen molar-refractivity contribution >= 4 is 218 Å². The summed E-state index contributed by atoms with van der Waals surface area (Å²) in [6.07, 6.45) is 4.62. The number of phenols is 4. The van der Waals surface area contributed by atoms with Crippen LogP contribution in [0.2, 0.25) is 0 Å². The molecule has 2 fully saturated rings. The second-order valence-electron chi connectivity index (χ2n) is 32.6. The number of imide groups is 3. The number of thioether (sulfide) groups is 5. The van der Waals surface area contributed by atoms with Crippen LogP contribution in [0.1, 0.15) is 200 Å².